The predicted octanol–water partition coefficient (Wildman–Crippen LogP) is 1.71. The fraction of sp³-hybridized carbons (Fsp3) is 0.400. The number of nitrogens with one attached hydrogen (secondary N) is 1. The molecule has 0 saturated heterocycles. The monoisotopic (exact) mass is 227 g/mol. The third-order valence-corrected chi connectivity index (χ3v) is 2.52. The number of carbonyl (C=O) groups is 1. The zero-order valence-corrected chi connectivity index (χ0v) is 9.58. The van der Waals surface area contributed by atoms with E-state index in [1.807, 2.05) is 6.92 Å². The topological polar surface area (TPSA) is 46.9 Å². The molecule has 5 heteroatoms. The smallest absolute Gasteiger partial charge is 0.244 e. The lowest BCUT2D eigenvalue weighted by Crippen LogP contribution is -2.31. The van der Waals surface area contributed by atoms with E-state index in [9.17, 15) is 4.79 Å². The molecule has 1 unspecified atom stereocenters. The molecule has 0 aliphatic heterocycles. The third-order valence-electron chi connectivity index (χ3n) is 2.15. The summed E-state index contributed by atoms with van der Waals surface area (Å²) >= 11 is 5.85. The van der Waals surface area contributed by atoms with Crippen molar-refractivity contribution in [3.05, 3.63) is 29.6 Å². The maximum Gasteiger partial charge on any atom is 0.244 e. The van der Waals surface area contributed by atoms with Gasteiger partial charge in [0, 0.05) is 6.54 Å². The average Bonchev–Trinajstić information content (AvgIpc) is 2.55. The zero-order chi connectivity index (χ0) is 11.4. The van der Waals surface area contributed by atoms with E-state index in [0.29, 0.717) is 11.6 Å². The summed E-state index contributed by atoms with van der Waals surface area (Å²) in [5, 5.41) is 7.32. The van der Waals surface area contributed by atoms with E-state index in [0.717, 1.165) is 5.69 Å². The molecule has 0 spiro atoms. The molecule has 0 aromatic carbocycles. The summed E-state index contributed by atoms with van der Waals surface area (Å²) in [7, 11) is 0. The first-order valence-electron chi connectivity index (χ1n) is 4.66. The first-order chi connectivity index (χ1) is 7.07. The van der Waals surface area contributed by atoms with E-state index >= 15 is 0 Å². The Hall–Kier alpha value is -1.29. The van der Waals surface area contributed by atoms with E-state index < -0.39 is 0 Å². The van der Waals surface area contributed by atoms with Crippen LogP contribution in [0.1, 0.15) is 18.7 Å². The Balaban J connectivity index is 2.75. The molecule has 0 fully saturated rings. The average molecular weight is 228 g/mol. The van der Waals surface area contributed by atoms with Crippen LogP contribution in [-0.2, 0) is 4.79 Å². The second-order valence-electron chi connectivity index (χ2n) is 3.23. The van der Waals surface area contributed by atoms with Crippen LogP contribution in [0, 0.1) is 6.92 Å². The Morgan fingerprint density at radius 2 is 2.53 bits per heavy atom. The molecule has 0 bridgehead atoms. The molecule has 4 nitrogen and oxygen atoms in total. The van der Waals surface area contributed by atoms with Crippen LogP contribution in [0.4, 0.5) is 0 Å². The number of aromatic nitrogens is 2. The van der Waals surface area contributed by atoms with Gasteiger partial charge in [-0.15, -0.1) is 6.58 Å². The predicted molar refractivity (Wildman–Crippen MR) is 59.9 cm³/mol. The van der Waals surface area contributed by atoms with Crippen molar-refractivity contribution in [1.29, 1.82) is 0 Å². The SMILES string of the molecule is C=CCNC(=O)C(C)n1ncc(Cl)c1C. The van der Waals surface area contributed by atoms with Crippen LogP contribution < -0.4 is 5.32 Å². The van der Waals surface area contributed by atoms with Gasteiger partial charge >= 0.3 is 0 Å². The molecule has 0 aliphatic carbocycles. The van der Waals surface area contributed by atoms with Crippen LogP contribution >= 0.6 is 11.6 Å². The Morgan fingerprint density at radius 1 is 1.87 bits per heavy atom. The summed E-state index contributed by atoms with van der Waals surface area (Å²) in [6.45, 7) is 7.58. The number of carbonyl (C=O) groups excluding carboxylic acids is 1. The van der Waals surface area contributed by atoms with Crippen LogP contribution in [-0.4, -0.2) is 22.2 Å². The van der Waals surface area contributed by atoms with Gasteiger partial charge in [-0.1, -0.05) is 17.7 Å². The Bertz CT molecular complexity index is 373. The molecule has 1 amide bonds. The molecular weight excluding hydrogens is 214 g/mol. The van der Waals surface area contributed by atoms with E-state index in [4.69, 9.17) is 11.6 Å². The zero-order valence-electron chi connectivity index (χ0n) is 8.83. The molecule has 0 aliphatic rings. The highest BCUT2D eigenvalue weighted by Gasteiger charge is 2.17. The van der Waals surface area contributed by atoms with Crippen molar-refractivity contribution < 1.29 is 4.79 Å². The van der Waals surface area contributed by atoms with Gasteiger partial charge in [0.25, 0.3) is 0 Å². The fourth-order valence-corrected chi connectivity index (χ4v) is 1.35. The summed E-state index contributed by atoms with van der Waals surface area (Å²) in [5.41, 5.74) is 0.790. The van der Waals surface area contributed by atoms with Crippen molar-refractivity contribution in [3.63, 3.8) is 0 Å². The Morgan fingerprint density at radius 3 is 3.00 bits per heavy atom. The second-order valence-corrected chi connectivity index (χ2v) is 3.64. The van der Waals surface area contributed by atoms with Crippen molar-refractivity contribution in [3.8, 4) is 0 Å². The van der Waals surface area contributed by atoms with Gasteiger partial charge in [-0.2, -0.15) is 5.10 Å². The summed E-state index contributed by atoms with van der Waals surface area (Å²) in [6.07, 6.45) is 3.17. The molecule has 1 atom stereocenters. The Labute approximate surface area is 93.9 Å². The lowest BCUT2D eigenvalue weighted by atomic mass is 10.3. The molecule has 1 N–H and O–H groups in total. The van der Waals surface area contributed by atoms with Crippen molar-refractivity contribution in [1.82, 2.24) is 15.1 Å². The van der Waals surface area contributed by atoms with E-state index in [2.05, 4.69) is 17.0 Å². The molecule has 82 valence electrons. The number of halogens is 1. The van der Waals surface area contributed by atoms with Crippen molar-refractivity contribution in [2.45, 2.75) is 19.9 Å². The summed E-state index contributed by atoms with van der Waals surface area (Å²) in [4.78, 5) is 11.6. The van der Waals surface area contributed by atoms with Crippen LogP contribution in [0.3, 0.4) is 0 Å². The van der Waals surface area contributed by atoms with Crippen molar-refractivity contribution in [2.75, 3.05) is 6.54 Å². The molecule has 1 rings (SSSR count). The highest BCUT2D eigenvalue weighted by molar-refractivity contribution is 6.31. The van der Waals surface area contributed by atoms with Gasteiger partial charge in [0.05, 0.1) is 16.9 Å². The number of rotatable bonds is 4. The van der Waals surface area contributed by atoms with Crippen LogP contribution in [0.5, 0.6) is 0 Å². The van der Waals surface area contributed by atoms with E-state index in [-0.39, 0.29) is 11.9 Å². The lowest BCUT2D eigenvalue weighted by Gasteiger charge is -2.13. The number of hydrogen-bond donors (Lipinski definition) is 1. The second kappa shape index (κ2) is 4.98. The quantitative estimate of drug-likeness (QED) is 0.796. The van der Waals surface area contributed by atoms with E-state index in [1.54, 1.807) is 17.7 Å². The van der Waals surface area contributed by atoms with Gasteiger partial charge in [-0.3, -0.25) is 9.48 Å². The Kier molecular flexibility index (Phi) is 3.91. The van der Waals surface area contributed by atoms with Crippen LogP contribution in [0.15, 0.2) is 18.9 Å². The highest BCUT2D eigenvalue weighted by atomic mass is 35.5. The van der Waals surface area contributed by atoms with Crippen LogP contribution in [0.2, 0.25) is 5.02 Å². The van der Waals surface area contributed by atoms with Gasteiger partial charge < -0.3 is 5.32 Å². The minimum absolute atomic E-state index is 0.0993. The maximum atomic E-state index is 11.6. The third kappa shape index (κ3) is 2.59. The number of hydrogen-bond acceptors (Lipinski definition) is 2. The molecule has 0 saturated carbocycles. The minimum Gasteiger partial charge on any atom is -0.351 e. The minimum atomic E-state index is -0.363. The van der Waals surface area contributed by atoms with Crippen LogP contribution in [0.25, 0.3) is 0 Å². The lowest BCUT2D eigenvalue weighted by molar-refractivity contribution is -0.123. The molecule has 0 radical (unpaired) electrons. The normalized spacial score (nSPS) is 12.2. The van der Waals surface area contributed by atoms with Crippen molar-refractivity contribution in [2.24, 2.45) is 0 Å². The van der Waals surface area contributed by atoms with Gasteiger partial charge in [-0.05, 0) is 13.8 Å². The molecule has 15 heavy (non-hydrogen) atoms. The highest BCUT2D eigenvalue weighted by Crippen LogP contribution is 2.17. The summed E-state index contributed by atoms with van der Waals surface area (Å²) in [6, 6.07) is -0.363. The van der Waals surface area contributed by atoms with Gasteiger partial charge in [0.2, 0.25) is 5.91 Å². The molecule has 1 aromatic heterocycles. The molecule has 1 aromatic rings. The van der Waals surface area contributed by atoms with E-state index in [1.165, 1.54) is 6.20 Å². The molecule has 1 heterocycles. The summed E-state index contributed by atoms with van der Waals surface area (Å²) < 4.78 is 1.60. The largest absolute Gasteiger partial charge is 0.351 e. The fourth-order valence-electron chi connectivity index (χ4n) is 1.22. The molecular formula is C10H14ClN3O. The van der Waals surface area contributed by atoms with Gasteiger partial charge in [-0.25, -0.2) is 0 Å². The van der Waals surface area contributed by atoms with Crippen molar-refractivity contribution >= 4 is 17.5 Å². The first-order valence-corrected chi connectivity index (χ1v) is 5.04. The standard InChI is InChI=1S/C10H14ClN3O/c1-4-5-12-10(15)8(3)14-7(2)9(11)6-13-14/h4,6,8H,1,5H2,2-3H3,(H,12,15). The first kappa shape index (κ1) is 11.8. The maximum absolute atomic E-state index is 11.6. The summed E-state index contributed by atoms with van der Waals surface area (Å²) in [5.74, 6) is -0.0993. The number of nitrogens with zero attached hydrogens (tertiary/aromatic N) is 2. The van der Waals surface area contributed by atoms with Gasteiger partial charge in [0.15, 0.2) is 0 Å². The van der Waals surface area contributed by atoms with Gasteiger partial charge in [0.1, 0.15) is 6.04 Å². The number of amides is 1.